The van der Waals surface area contributed by atoms with Gasteiger partial charge in [0.05, 0.1) is 9.21 Å². The molecule has 84 valence electrons. The molecule has 0 aliphatic carbocycles. The monoisotopic (exact) mass is 255 g/mol. The molecular formula is C10H10ClN3OS. The van der Waals surface area contributed by atoms with Gasteiger partial charge in [0, 0.05) is 6.54 Å². The molecule has 0 amide bonds. The number of thiophene rings is 1. The number of aromatic nitrogens is 3. The number of aryl methyl sites for hydroxylation is 1. The topological polar surface area (TPSA) is 50.9 Å². The largest absolute Gasteiger partial charge is 0.385 e. The molecule has 2 aromatic heterocycles. The summed E-state index contributed by atoms with van der Waals surface area (Å²) in [6, 6.07) is 3.73. The Morgan fingerprint density at radius 2 is 2.38 bits per heavy atom. The number of fused-ring (bicyclic) bond motifs is 1. The Morgan fingerprint density at radius 1 is 1.50 bits per heavy atom. The second-order valence-corrected chi connectivity index (χ2v) is 5.49. The van der Waals surface area contributed by atoms with Gasteiger partial charge in [-0.3, -0.25) is 0 Å². The van der Waals surface area contributed by atoms with E-state index in [1.807, 2.05) is 12.1 Å². The fourth-order valence-electron chi connectivity index (χ4n) is 1.87. The predicted octanol–water partition coefficient (Wildman–Crippen LogP) is 2.49. The second-order valence-electron chi connectivity index (χ2n) is 3.78. The zero-order valence-electron chi connectivity index (χ0n) is 8.43. The molecule has 6 heteroatoms. The first-order chi connectivity index (χ1) is 7.74. The van der Waals surface area contributed by atoms with E-state index in [1.54, 1.807) is 4.68 Å². The molecule has 0 saturated heterocycles. The van der Waals surface area contributed by atoms with Crippen LogP contribution in [-0.2, 0) is 6.54 Å². The number of hydrogen-bond acceptors (Lipinski definition) is 4. The van der Waals surface area contributed by atoms with E-state index in [-0.39, 0.29) is 0 Å². The molecule has 0 saturated carbocycles. The van der Waals surface area contributed by atoms with Crippen molar-refractivity contribution in [3.63, 3.8) is 0 Å². The lowest BCUT2D eigenvalue weighted by atomic mass is 10.1. The summed E-state index contributed by atoms with van der Waals surface area (Å²) in [5.41, 5.74) is 0. The van der Waals surface area contributed by atoms with E-state index in [0.717, 1.165) is 28.6 Å². The summed E-state index contributed by atoms with van der Waals surface area (Å²) in [6.45, 7) is 0.832. The van der Waals surface area contributed by atoms with Crippen LogP contribution in [0.1, 0.15) is 24.8 Å². The molecule has 1 aliphatic heterocycles. The van der Waals surface area contributed by atoms with Crippen molar-refractivity contribution >= 4 is 22.9 Å². The number of hydrogen-bond donors (Lipinski definition) is 1. The predicted molar refractivity (Wildman–Crippen MR) is 62.5 cm³/mol. The van der Waals surface area contributed by atoms with Crippen molar-refractivity contribution < 1.29 is 5.11 Å². The van der Waals surface area contributed by atoms with Gasteiger partial charge in [-0.05, 0) is 25.0 Å². The Labute approximate surface area is 102 Å². The van der Waals surface area contributed by atoms with Crippen LogP contribution in [0, 0.1) is 0 Å². The highest BCUT2D eigenvalue weighted by atomic mass is 35.5. The van der Waals surface area contributed by atoms with Crippen molar-refractivity contribution in [1.82, 2.24) is 14.8 Å². The van der Waals surface area contributed by atoms with E-state index >= 15 is 0 Å². The molecule has 1 unspecified atom stereocenters. The first kappa shape index (κ1) is 10.3. The number of rotatable bonds is 1. The van der Waals surface area contributed by atoms with Crippen LogP contribution in [0.3, 0.4) is 0 Å². The summed E-state index contributed by atoms with van der Waals surface area (Å²) >= 11 is 7.32. The van der Waals surface area contributed by atoms with Crippen molar-refractivity contribution in [2.24, 2.45) is 0 Å². The van der Waals surface area contributed by atoms with Gasteiger partial charge in [-0.15, -0.1) is 16.4 Å². The van der Waals surface area contributed by atoms with Crippen LogP contribution in [-0.4, -0.2) is 19.9 Å². The van der Waals surface area contributed by atoms with Crippen LogP contribution < -0.4 is 0 Å². The fraction of sp³-hybridized carbons (Fsp3) is 0.400. The minimum atomic E-state index is -0.481. The van der Waals surface area contributed by atoms with E-state index < -0.39 is 6.10 Å². The van der Waals surface area contributed by atoms with Gasteiger partial charge in [0.15, 0.2) is 11.6 Å². The molecule has 2 aromatic rings. The summed E-state index contributed by atoms with van der Waals surface area (Å²) in [4.78, 5) is 5.31. The highest BCUT2D eigenvalue weighted by Gasteiger charge is 2.22. The van der Waals surface area contributed by atoms with Gasteiger partial charge in [-0.25, -0.2) is 9.67 Å². The minimum Gasteiger partial charge on any atom is -0.385 e. The molecule has 0 spiro atoms. The molecule has 0 bridgehead atoms. The van der Waals surface area contributed by atoms with Gasteiger partial charge in [0.2, 0.25) is 0 Å². The molecule has 1 aliphatic rings. The third-order valence-electron chi connectivity index (χ3n) is 2.64. The van der Waals surface area contributed by atoms with Crippen LogP contribution in [0.15, 0.2) is 12.1 Å². The normalized spacial score (nSPS) is 19.8. The van der Waals surface area contributed by atoms with Crippen LogP contribution in [0.4, 0.5) is 0 Å². The lowest BCUT2D eigenvalue weighted by Gasteiger charge is -2.16. The zero-order valence-corrected chi connectivity index (χ0v) is 10.0. The van der Waals surface area contributed by atoms with Gasteiger partial charge in [-0.1, -0.05) is 11.6 Å². The molecule has 0 aromatic carbocycles. The number of aliphatic hydroxyl groups excluding tert-OH is 1. The lowest BCUT2D eigenvalue weighted by Crippen LogP contribution is -2.16. The molecule has 1 N–H and O–H groups in total. The van der Waals surface area contributed by atoms with Crippen LogP contribution in [0.5, 0.6) is 0 Å². The van der Waals surface area contributed by atoms with E-state index in [4.69, 9.17) is 11.6 Å². The Balaban J connectivity index is 2.04. The summed E-state index contributed by atoms with van der Waals surface area (Å²) in [5.74, 6) is 1.33. The standard InChI is InChI=1S/C10H10ClN3OS/c11-8-4-3-7(16-8)9-12-10-6(15)2-1-5-14(10)13-9/h3-4,6,15H,1-2,5H2. The van der Waals surface area contributed by atoms with Crippen molar-refractivity contribution in [3.8, 4) is 10.7 Å². The third kappa shape index (κ3) is 1.65. The lowest BCUT2D eigenvalue weighted by molar-refractivity contribution is 0.130. The maximum absolute atomic E-state index is 9.78. The van der Waals surface area contributed by atoms with Crippen LogP contribution in [0.25, 0.3) is 10.7 Å². The zero-order chi connectivity index (χ0) is 11.1. The Bertz CT molecular complexity index is 522. The minimum absolute atomic E-state index is 0.481. The van der Waals surface area contributed by atoms with Gasteiger partial charge in [0.25, 0.3) is 0 Å². The molecule has 1 atom stereocenters. The summed E-state index contributed by atoms with van der Waals surface area (Å²) < 4.78 is 2.51. The first-order valence-corrected chi connectivity index (χ1v) is 6.32. The Morgan fingerprint density at radius 3 is 3.06 bits per heavy atom. The van der Waals surface area contributed by atoms with Crippen molar-refractivity contribution in [3.05, 3.63) is 22.3 Å². The summed E-state index contributed by atoms with van der Waals surface area (Å²) in [5, 5.41) is 14.2. The number of nitrogens with zero attached hydrogens (tertiary/aromatic N) is 3. The van der Waals surface area contributed by atoms with Crippen molar-refractivity contribution in [2.45, 2.75) is 25.5 Å². The van der Waals surface area contributed by atoms with E-state index in [1.165, 1.54) is 11.3 Å². The molecule has 16 heavy (non-hydrogen) atoms. The fourth-order valence-corrected chi connectivity index (χ4v) is 2.84. The Hall–Kier alpha value is -0.910. The maximum atomic E-state index is 9.78. The highest BCUT2D eigenvalue weighted by Crippen LogP contribution is 2.31. The molecule has 0 radical (unpaired) electrons. The number of aliphatic hydroxyl groups is 1. The molecule has 3 heterocycles. The van der Waals surface area contributed by atoms with Gasteiger partial charge < -0.3 is 5.11 Å². The number of halogens is 1. The SMILES string of the molecule is OC1CCCn2nc(-c3ccc(Cl)s3)nc21. The van der Waals surface area contributed by atoms with Crippen molar-refractivity contribution in [2.75, 3.05) is 0 Å². The maximum Gasteiger partial charge on any atom is 0.191 e. The average Bonchev–Trinajstić information content (AvgIpc) is 2.84. The van der Waals surface area contributed by atoms with E-state index in [2.05, 4.69) is 10.1 Å². The average molecular weight is 256 g/mol. The van der Waals surface area contributed by atoms with Crippen LogP contribution in [0.2, 0.25) is 4.34 Å². The molecule has 0 fully saturated rings. The van der Waals surface area contributed by atoms with E-state index in [9.17, 15) is 5.11 Å². The summed E-state index contributed by atoms with van der Waals surface area (Å²) in [7, 11) is 0. The van der Waals surface area contributed by atoms with Crippen LogP contribution >= 0.6 is 22.9 Å². The van der Waals surface area contributed by atoms with E-state index in [0.29, 0.717) is 11.6 Å². The quantitative estimate of drug-likeness (QED) is 0.852. The molecular weight excluding hydrogens is 246 g/mol. The smallest absolute Gasteiger partial charge is 0.191 e. The third-order valence-corrected chi connectivity index (χ3v) is 3.87. The van der Waals surface area contributed by atoms with Gasteiger partial charge >= 0.3 is 0 Å². The second kappa shape index (κ2) is 3.84. The Kier molecular flexibility index (Phi) is 2.46. The van der Waals surface area contributed by atoms with Gasteiger partial charge in [0.1, 0.15) is 6.10 Å². The first-order valence-electron chi connectivity index (χ1n) is 5.12. The molecule has 4 nitrogen and oxygen atoms in total. The van der Waals surface area contributed by atoms with Crippen molar-refractivity contribution in [1.29, 1.82) is 0 Å². The van der Waals surface area contributed by atoms with Gasteiger partial charge in [-0.2, -0.15) is 0 Å². The summed E-state index contributed by atoms with van der Waals surface area (Å²) in [6.07, 6.45) is 1.23. The highest BCUT2D eigenvalue weighted by molar-refractivity contribution is 7.19. The molecule has 3 rings (SSSR count).